The van der Waals surface area contributed by atoms with Gasteiger partial charge < -0.3 is 14.2 Å². The van der Waals surface area contributed by atoms with Crippen molar-refractivity contribution in [1.82, 2.24) is 0 Å². The van der Waals surface area contributed by atoms with Gasteiger partial charge in [-0.25, -0.2) is 0 Å². The lowest BCUT2D eigenvalue weighted by Gasteiger charge is -2.19. The molecule has 0 radical (unpaired) electrons. The maximum Gasteiger partial charge on any atom is 0.203 e. The Kier molecular flexibility index (Phi) is 5.82. The summed E-state index contributed by atoms with van der Waals surface area (Å²) in [5, 5.41) is 0. The third-order valence-electron chi connectivity index (χ3n) is 4.65. The quantitative estimate of drug-likeness (QED) is 0.506. The standard InChI is InChI=1S/C20H21BrO4S/c1-23-16-9-11-5-7-14(21)13-10-15(22)17(26-4)8-6-12(13)18(11)20(25-3)19(16)24-2/h6,8-10,14H,5,7H2,1-4H3/t14-/m0/s1. The lowest BCUT2D eigenvalue weighted by molar-refractivity contribution is 0.324. The summed E-state index contributed by atoms with van der Waals surface area (Å²) < 4.78 is 16.8. The summed E-state index contributed by atoms with van der Waals surface area (Å²) in [6, 6.07) is 7.64. The van der Waals surface area contributed by atoms with Crippen LogP contribution in [0.25, 0.3) is 11.1 Å². The van der Waals surface area contributed by atoms with Gasteiger partial charge in [0.25, 0.3) is 0 Å². The Morgan fingerprint density at radius 2 is 1.81 bits per heavy atom. The van der Waals surface area contributed by atoms with E-state index in [2.05, 4.69) is 15.9 Å². The van der Waals surface area contributed by atoms with Crippen molar-refractivity contribution in [3.05, 3.63) is 45.6 Å². The minimum atomic E-state index is 0.0334. The molecule has 0 bridgehead atoms. The van der Waals surface area contributed by atoms with Crippen LogP contribution < -0.4 is 19.6 Å². The van der Waals surface area contributed by atoms with Crippen molar-refractivity contribution in [3.63, 3.8) is 0 Å². The molecule has 0 unspecified atom stereocenters. The van der Waals surface area contributed by atoms with Crippen LogP contribution in [0.1, 0.15) is 22.4 Å². The summed E-state index contributed by atoms with van der Waals surface area (Å²) in [6.45, 7) is 0. The number of benzene rings is 1. The molecule has 138 valence electrons. The van der Waals surface area contributed by atoms with Crippen molar-refractivity contribution in [2.45, 2.75) is 22.6 Å². The average molecular weight is 437 g/mol. The molecule has 0 saturated carbocycles. The van der Waals surface area contributed by atoms with Gasteiger partial charge in [-0.1, -0.05) is 22.0 Å². The predicted molar refractivity (Wildman–Crippen MR) is 110 cm³/mol. The fourth-order valence-corrected chi connectivity index (χ4v) is 4.49. The Morgan fingerprint density at radius 3 is 2.42 bits per heavy atom. The first-order chi connectivity index (χ1) is 12.5. The number of hydrogen-bond acceptors (Lipinski definition) is 5. The molecule has 0 aliphatic heterocycles. The molecule has 0 spiro atoms. The van der Waals surface area contributed by atoms with E-state index in [1.165, 1.54) is 11.8 Å². The monoisotopic (exact) mass is 436 g/mol. The molecule has 0 saturated heterocycles. The van der Waals surface area contributed by atoms with E-state index in [0.29, 0.717) is 17.2 Å². The van der Waals surface area contributed by atoms with Crippen molar-refractivity contribution in [2.75, 3.05) is 27.6 Å². The van der Waals surface area contributed by atoms with Crippen molar-refractivity contribution < 1.29 is 14.2 Å². The summed E-state index contributed by atoms with van der Waals surface area (Å²) in [4.78, 5) is 13.4. The van der Waals surface area contributed by atoms with E-state index in [4.69, 9.17) is 14.2 Å². The van der Waals surface area contributed by atoms with Crippen LogP contribution in [0, 0.1) is 0 Å². The molecule has 0 amide bonds. The molecule has 26 heavy (non-hydrogen) atoms. The van der Waals surface area contributed by atoms with Crippen LogP contribution in [-0.2, 0) is 6.42 Å². The van der Waals surface area contributed by atoms with Gasteiger partial charge in [-0.2, -0.15) is 0 Å². The number of fused-ring (bicyclic) bond motifs is 3. The largest absolute Gasteiger partial charge is 0.493 e. The van der Waals surface area contributed by atoms with E-state index in [-0.39, 0.29) is 10.3 Å². The number of ether oxygens (including phenoxy) is 3. The highest BCUT2D eigenvalue weighted by Crippen LogP contribution is 2.51. The molecule has 0 N–H and O–H groups in total. The molecule has 2 aromatic carbocycles. The Balaban J connectivity index is 2.43. The van der Waals surface area contributed by atoms with E-state index in [9.17, 15) is 4.79 Å². The van der Waals surface area contributed by atoms with Crippen LogP contribution in [0.5, 0.6) is 17.2 Å². The van der Waals surface area contributed by atoms with Gasteiger partial charge in [0.05, 0.1) is 26.2 Å². The lowest BCUT2D eigenvalue weighted by Crippen LogP contribution is -2.01. The Morgan fingerprint density at radius 1 is 1.08 bits per heavy atom. The fraction of sp³-hybridized carbons (Fsp3) is 0.350. The molecule has 1 aliphatic carbocycles. The Hall–Kier alpha value is -1.66. The van der Waals surface area contributed by atoms with Gasteiger partial charge in [-0.15, -0.1) is 11.8 Å². The molecule has 6 heteroatoms. The van der Waals surface area contributed by atoms with Crippen LogP contribution in [0.2, 0.25) is 0 Å². The number of alkyl halides is 1. The van der Waals surface area contributed by atoms with E-state index in [1.54, 1.807) is 27.4 Å². The van der Waals surface area contributed by atoms with Crippen LogP contribution in [0.3, 0.4) is 0 Å². The van der Waals surface area contributed by atoms with E-state index >= 15 is 0 Å². The molecule has 2 aromatic rings. The molecular weight excluding hydrogens is 416 g/mol. The normalized spacial score (nSPS) is 15.5. The zero-order chi connectivity index (χ0) is 18.8. The SMILES string of the molecule is COc1cc2c(c(OC)c1OC)-c1ccc(SC)c(=O)cc1[C@@H](Br)CC2. The fourth-order valence-electron chi connectivity index (χ4n) is 3.42. The van der Waals surface area contributed by atoms with Gasteiger partial charge in [-0.3, -0.25) is 4.79 Å². The van der Waals surface area contributed by atoms with Crippen molar-refractivity contribution >= 4 is 27.7 Å². The van der Waals surface area contributed by atoms with Gasteiger partial charge in [-0.05, 0) is 54.0 Å². The molecule has 1 atom stereocenters. The van der Waals surface area contributed by atoms with Gasteiger partial charge in [0.2, 0.25) is 5.75 Å². The number of aryl methyl sites for hydroxylation is 1. The van der Waals surface area contributed by atoms with Crippen molar-refractivity contribution in [3.8, 4) is 28.4 Å². The van der Waals surface area contributed by atoms with E-state index in [1.807, 2.05) is 24.5 Å². The van der Waals surface area contributed by atoms with E-state index < -0.39 is 0 Å². The van der Waals surface area contributed by atoms with E-state index in [0.717, 1.165) is 40.0 Å². The van der Waals surface area contributed by atoms with Crippen molar-refractivity contribution in [1.29, 1.82) is 0 Å². The number of thioether (sulfide) groups is 1. The first kappa shape index (κ1) is 19.1. The lowest BCUT2D eigenvalue weighted by atomic mass is 9.96. The molecule has 1 aliphatic rings. The second-order valence-corrected chi connectivity index (χ2v) is 7.92. The van der Waals surface area contributed by atoms with Gasteiger partial charge in [0.1, 0.15) is 0 Å². The van der Waals surface area contributed by atoms with Crippen molar-refractivity contribution in [2.24, 2.45) is 0 Å². The first-order valence-electron chi connectivity index (χ1n) is 8.24. The number of methoxy groups -OCH3 is 3. The van der Waals surface area contributed by atoms with Crippen LogP contribution in [0.15, 0.2) is 34.0 Å². The number of rotatable bonds is 4. The van der Waals surface area contributed by atoms with Crippen LogP contribution in [0.4, 0.5) is 0 Å². The third-order valence-corrected chi connectivity index (χ3v) is 6.38. The smallest absolute Gasteiger partial charge is 0.203 e. The highest BCUT2D eigenvalue weighted by atomic mass is 79.9. The summed E-state index contributed by atoms with van der Waals surface area (Å²) in [5.41, 5.74) is 4.07. The topological polar surface area (TPSA) is 44.8 Å². The molecule has 0 aromatic heterocycles. The molecular formula is C20H21BrO4S. The van der Waals surface area contributed by atoms with Crippen LogP contribution in [-0.4, -0.2) is 27.6 Å². The third kappa shape index (κ3) is 3.21. The zero-order valence-electron chi connectivity index (χ0n) is 15.2. The number of hydrogen-bond donors (Lipinski definition) is 0. The Labute approximate surface area is 166 Å². The predicted octanol–water partition coefficient (Wildman–Crippen LogP) is 4.84. The highest BCUT2D eigenvalue weighted by molar-refractivity contribution is 9.09. The molecule has 3 rings (SSSR count). The maximum atomic E-state index is 12.6. The average Bonchev–Trinajstić information content (AvgIpc) is 2.89. The molecule has 0 fully saturated rings. The summed E-state index contributed by atoms with van der Waals surface area (Å²) in [6.07, 6.45) is 3.62. The van der Waals surface area contributed by atoms with Gasteiger partial charge in [0.15, 0.2) is 16.9 Å². The summed E-state index contributed by atoms with van der Waals surface area (Å²) in [5.74, 6) is 1.84. The number of halogens is 1. The Bertz CT molecular complexity index is 898. The van der Waals surface area contributed by atoms with Crippen LogP contribution >= 0.6 is 27.7 Å². The molecule has 4 nitrogen and oxygen atoms in total. The summed E-state index contributed by atoms with van der Waals surface area (Å²) >= 11 is 5.22. The highest BCUT2D eigenvalue weighted by Gasteiger charge is 2.28. The second-order valence-electron chi connectivity index (χ2n) is 5.96. The van der Waals surface area contributed by atoms with Gasteiger partial charge in [0, 0.05) is 10.4 Å². The minimum absolute atomic E-state index is 0.0334. The zero-order valence-corrected chi connectivity index (χ0v) is 17.6. The second kappa shape index (κ2) is 7.92. The maximum absolute atomic E-state index is 12.6. The first-order valence-corrected chi connectivity index (χ1v) is 10.4. The summed E-state index contributed by atoms with van der Waals surface area (Å²) in [7, 11) is 4.85. The minimum Gasteiger partial charge on any atom is -0.493 e. The molecule has 0 heterocycles. The van der Waals surface area contributed by atoms with Gasteiger partial charge >= 0.3 is 0 Å².